The van der Waals surface area contributed by atoms with Gasteiger partial charge in [-0.15, -0.1) is 0 Å². The van der Waals surface area contributed by atoms with Gasteiger partial charge in [-0.2, -0.15) is 18.3 Å². The van der Waals surface area contributed by atoms with E-state index in [1.54, 1.807) is 7.05 Å². The van der Waals surface area contributed by atoms with Crippen molar-refractivity contribution in [3.63, 3.8) is 0 Å². The van der Waals surface area contributed by atoms with E-state index >= 15 is 0 Å². The maximum atomic E-state index is 13.0. The van der Waals surface area contributed by atoms with Crippen LogP contribution in [0.3, 0.4) is 0 Å². The zero-order chi connectivity index (χ0) is 17.3. The van der Waals surface area contributed by atoms with Crippen molar-refractivity contribution in [2.45, 2.75) is 19.1 Å². The number of guanidine groups is 1. The van der Waals surface area contributed by atoms with Crippen molar-refractivity contribution in [3.8, 4) is 0 Å². The topological polar surface area (TPSA) is 45.5 Å². The van der Waals surface area contributed by atoms with E-state index in [2.05, 4.69) is 15.4 Å². The molecule has 2 heterocycles. The van der Waals surface area contributed by atoms with Gasteiger partial charge in [0, 0.05) is 44.6 Å². The molecular weight excluding hydrogens is 319 g/mol. The zero-order valence-electron chi connectivity index (χ0n) is 13.4. The number of fused-ring (bicyclic) bond motifs is 1. The second-order valence-electron chi connectivity index (χ2n) is 5.61. The third-order valence-corrected chi connectivity index (χ3v) is 3.96. The van der Waals surface area contributed by atoms with Crippen LogP contribution >= 0.6 is 0 Å². The number of aromatic nitrogens is 2. The van der Waals surface area contributed by atoms with Crippen LogP contribution in [0.5, 0.6) is 0 Å². The minimum atomic E-state index is -4.47. The highest BCUT2D eigenvalue weighted by Gasteiger charge is 2.37. The summed E-state index contributed by atoms with van der Waals surface area (Å²) in [4.78, 5) is 6.19. The fraction of sp³-hybridized carbons (Fsp3) is 0.375. The molecule has 0 unspecified atom stereocenters. The van der Waals surface area contributed by atoms with Crippen molar-refractivity contribution in [2.24, 2.45) is 12.0 Å². The molecule has 0 bridgehead atoms. The Morgan fingerprint density at radius 1 is 1.33 bits per heavy atom. The van der Waals surface area contributed by atoms with Crippen LogP contribution < -0.4 is 10.2 Å². The summed E-state index contributed by atoms with van der Waals surface area (Å²) in [7, 11) is 3.10. The Labute approximate surface area is 137 Å². The van der Waals surface area contributed by atoms with Gasteiger partial charge in [-0.05, 0) is 18.1 Å². The highest BCUT2D eigenvalue weighted by Crippen LogP contribution is 2.31. The van der Waals surface area contributed by atoms with Crippen molar-refractivity contribution in [3.05, 3.63) is 47.3 Å². The first-order valence-corrected chi connectivity index (χ1v) is 7.56. The first-order valence-electron chi connectivity index (χ1n) is 7.56. The third kappa shape index (κ3) is 3.08. The molecule has 0 amide bonds. The van der Waals surface area contributed by atoms with E-state index < -0.39 is 11.9 Å². The van der Waals surface area contributed by atoms with Crippen LogP contribution in [-0.4, -0.2) is 29.3 Å². The number of rotatable bonds is 2. The Bertz CT molecular complexity index is 763. The Morgan fingerprint density at radius 3 is 2.79 bits per heavy atom. The van der Waals surface area contributed by atoms with Crippen LogP contribution in [0.1, 0.15) is 16.8 Å². The van der Waals surface area contributed by atoms with Crippen molar-refractivity contribution < 1.29 is 13.2 Å². The van der Waals surface area contributed by atoms with Crippen LogP contribution in [0.25, 0.3) is 0 Å². The summed E-state index contributed by atoms with van der Waals surface area (Å²) in [5, 5.41) is 6.53. The Kier molecular flexibility index (Phi) is 4.21. The molecule has 5 nitrogen and oxygen atoms in total. The number of para-hydroxylation sites is 1. The fourth-order valence-electron chi connectivity index (χ4n) is 2.93. The Hall–Kier alpha value is -2.51. The lowest BCUT2D eigenvalue weighted by Crippen LogP contribution is -2.40. The molecule has 0 fully saturated rings. The van der Waals surface area contributed by atoms with Gasteiger partial charge in [0.1, 0.15) is 0 Å². The summed E-state index contributed by atoms with van der Waals surface area (Å²) in [5.41, 5.74) is 1.47. The number of hydrogen-bond donors (Lipinski definition) is 1. The first-order chi connectivity index (χ1) is 11.4. The van der Waals surface area contributed by atoms with Crippen LogP contribution in [-0.2, 0) is 26.2 Å². The lowest BCUT2D eigenvalue weighted by Gasteiger charge is -2.22. The Balaban J connectivity index is 1.77. The molecule has 0 radical (unpaired) electrons. The van der Waals surface area contributed by atoms with E-state index in [0.29, 0.717) is 5.96 Å². The predicted molar refractivity (Wildman–Crippen MR) is 85.9 cm³/mol. The second-order valence-corrected chi connectivity index (χ2v) is 5.61. The minimum Gasteiger partial charge on any atom is -0.352 e. The molecule has 0 aliphatic carbocycles. The maximum Gasteiger partial charge on any atom is 0.435 e. The number of benzene rings is 1. The number of halogens is 3. The number of nitrogens with one attached hydrogen (secondary N) is 1. The summed E-state index contributed by atoms with van der Waals surface area (Å²) in [6.45, 7) is 0.756. The number of anilines is 1. The van der Waals surface area contributed by atoms with Crippen LogP contribution in [0, 0.1) is 0 Å². The molecule has 1 aliphatic heterocycles. The molecule has 1 aliphatic rings. The highest BCUT2D eigenvalue weighted by atomic mass is 19.4. The molecule has 1 N–H and O–H groups in total. The van der Waals surface area contributed by atoms with Crippen LogP contribution in [0.2, 0.25) is 0 Å². The smallest absolute Gasteiger partial charge is 0.352 e. The van der Waals surface area contributed by atoms with E-state index in [1.165, 1.54) is 23.5 Å². The molecule has 1 aromatic carbocycles. The molecule has 2 aromatic rings. The van der Waals surface area contributed by atoms with E-state index in [4.69, 9.17) is 0 Å². The number of nitrogens with zero attached hydrogens (tertiary/aromatic N) is 4. The van der Waals surface area contributed by atoms with Gasteiger partial charge in [0.25, 0.3) is 0 Å². The summed E-state index contributed by atoms with van der Waals surface area (Å²) in [6.07, 6.45) is -2.21. The zero-order valence-corrected chi connectivity index (χ0v) is 13.4. The molecule has 24 heavy (non-hydrogen) atoms. The van der Waals surface area contributed by atoms with Gasteiger partial charge in [0.2, 0.25) is 0 Å². The van der Waals surface area contributed by atoms with Crippen molar-refractivity contribution in [1.82, 2.24) is 15.1 Å². The summed E-state index contributed by atoms with van der Waals surface area (Å²) in [5.74, 6) is 0.553. The minimum absolute atomic E-state index is 0.00796. The van der Waals surface area contributed by atoms with Gasteiger partial charge in [-0.25, -0.2) is 0 Å². The van der Waals surface area contributed by atoms with E-state index in [-0.39, 0.29) is 12.1 Å². The number of alkyl halides is 3. The molecule has 0 saturated carbocycles. The lowest BCUT2D eigenvalue weighted by molar-refractivity contribution is -0.142. The fourth-order valence-corrected chi connectivity index (χ4v) is 2.93. The normalized spacial score (nSPS) is 14.9. The standard InChI is InChI=1S/C16H18F3N5/c1-20-15(24-8-7-11-5-3-4-6-13(11)24)21-9-12-10-23(2)22-14(12)16(17,18)19/h3-6,10H,7-9H2,1-2H3,(H,20,21). The van der Waals surface area contributed by atoms with Crippen molar-refractivity contribution in [1.29, 1.82) is 0 Å². The molecule has 8 heteroatoms. The van der Waals surface area contributed by atoms with Gasteiger partial charge < -0.3 is 10.2 Å². The monoisotopic (exact) mass is 337 g/mol. The molecule has 128 valence electrons. The van der Waals surface area contributed by atoms with E-state index in [1.807, 2.05) is 29.2 Å². The molecule has 1 aromatic heterocycles. The van der Waals surface area contributed by atoms with E-state index in [0.717, 1.165) is 18.7 Å². The Morgan fingerprint density at radius 2 is 2.08 bits per heavy atom. The quantitative estimate of drug-likeness (QED) is 0.677. The number of aryl methyl sites for hydroxylation is 1. The first kappa shape index (κ1) is 16.4. The van der Waals surface area contributed by atoms with Gasteiger partial charge in [0.15, 0.2) is 11.7 Å². The SMILES string of the molecule is CN=C(NCc1cn(C)nc1C(F)(F)F)N1CCc2ccccc21. The average Bonchev–Trinajstić information content (AvgIpc) is 3.12. The van der Waals surface area contributed by atoms with Gasteiger partial charge >= 0.3 is 6.18 Å². The van der Waals surface area contributed by atoms with Gasteiger partial charge in [-0.1, -0.05) is 18.2 Å². The molecular formula is C16H18F3N5. The summed E-state index contributed by atoms with van der Waals surface area (Å²) < 4.78 is 40.2. The summed E-state index contributed by atoms with van der Waals surface area (Å²) in [6, 6.07) is 7.95. The third-order valence-electron chi connectivity index (χ3n) is 3.96. The highest BCUT2D eigenvalue weighted by molar-refractivity contribution is 5.97. The number of aliphatic imine (C=N–C) groups is 1. The second kappa shape index (κ2) is 6.18. The lowest BCUT2D eigenvalue weighted by atomic mass is 10.2. The van der Waals surface area contributed by atoms with Gasteiger partial charge in [-0.3, -0.25) is 9.67 Å². The predicted octanol–water partition coefficient (Wildman–Crippen LogP) is 2.58. The largest absolute Gasteiger partial charge is 0.435 e. The van der Waals surface area contributed by atoms with E-state index in [9.17, 15) is 13.2 Å². The van der Waals surface area contributed by atoms with Crippen LogP contribution in [0.4, 0.5) is 18.9 Å². The molecule has 3 rings (SSSR count). The molecule has 0 spiro atoms. The van der Waals surface area contributed by atoms with Crippen molar-refractivity contribution >= 4 is 11.6 Å². The van der Waals surface area contributed by atoms with Gasteiger partial charge in [0.05, 0.1) is 0 Å². The van der Waals surface area contributed by atoms with Crippen LogP contribution in [0.15, 0.2) is 35.5 Å². The molecule has 0 atom stereocenters. The van der Waals surface area contributed by atoms with Crippen molar-refractivity contribution in [2.75, 3.05) is 18.5 Å². The average molecular weight is 337 g/mol. The summed E-state index contributed by atoms with van der Waals surface area (Å²) >= 11 is 0. The molecule has 0 saturated heterocycles. The number of hydrogen-bond acceptors (Lipinski definition) is 2. The maximum absolute atomic E-state index is 13.0.